The first-order valence-electron chi connectivity index (χ1n) is 6.43. The number of fused-ring (bicyclic) bond motifs is 1. The highest BCUT2D eigenvalue weighted by Gasteiger charge is 2.33. The van der Waals surface area contributed by atoms with Crippen LogP contribution in [0.25, 0.3) is 10.2 Å². The number of aromatic nitrogens is 1. The molecule has 0 saturated carbocycles. The Bertz CT molecular complexity index is 604. The number of nitrogens with zero attached hydrogens (tertiary/aromatic N) is 2. The summed E-state index contributed by atoms with van der Waals surface area (Å²) in [6.07, 6.45) is 0. The molecule has 1 saturated heterocycles. The number of aryl methyl sites for hydroxylation is 2. The first-order valence-corrected chi connectivity index (χ1v) is 7.25. The van der Waals surface area contributed by atoms with Gasteiger partial charge in [-0.3, -0.25) is 4.79 Å². The van der Waals surface area contributed by atoms with Gasteiger partial charge in [-0.25, -0.2) is 4.98 Å². The minimum Gasteiger partial charge on any atom is -0.359 e. The molecule has 2 heterocycles. The standard InChI is InChI=1S/C14H17N3OS/c1-8-4-5-9(2)12-11(8)16-14(19-12)17-6-10(7-17)13(18)15-3/h4-5,10H,6-7H2,1-3H3,(H,15,18). The second-order valence-electron chi connectivity index (χ2n) is 5.09. The molecule has 1 amide bonds. The Morgan fingerprint density at radius 2 is 2.05 bits per heavy atom. The molecule has 1 aromatic heterocycles. The normalized spacial score (nSPS) is 15.6. The maximum absolute atomic E-state index is 11.5. The van der Waals surface area contributed by atoms with Gasteiger partial charge in [0.25, 0.3) is 0 Å². The molecule has 0 radical (unpaired) electrons. The molecule has 3 rings (SSSR count). The number of amides is 1. The molecule has 0 aliphatic carbocycles. The van der Waals surface area contributed by atoms with Crippen LogP contribution < -0.4 is 10.2 Å². The van der Waals surface area contributed by atoms with E-state index in [0.717, 1.165) is 23.7 Å². The Hall–Kier alpha value is -1.62. The van der Waals surface area contributed by atoms with Gasteiger partial charge in [0, 0.05) is 20.1 Å². The van der Waals surface area contributed by atoms with Crippen molar-refractivity contribution in [1.29, 1.82) is 0 Å². The zero-order chi connectivity index (χ0) is 13.6. The Balaban J connectivity index is 1.86. The van der Waals surface area contributed by atoms with Crippen LogP contribution >= 0.6 is 11.3 Å². The van der Waals surface area contributed by atoms with Crippen molar-refractivity contribution in [3.05, 3.63) is 23.3 Å². The van der Waals surface area contributed by atoms with E-state index in [4.69, 9.17) is 4.98 Å². The minimum absolute atomic E-state index is 0.110. The summed E-state index contributed by atoms with van der Waals surface area (Å²) in [6.45, 7) is 5.76. The van der Waals surface area contributed by atoms with Crippen LogP contribution in [0.5, 0.6) is 0 Å². The number of anilines is 1. The van der Waals surface area contributed by atoms with Crippen LogP contribution in [0.2, 0.25) is 0 Å². The molecule has 5 heteroatoms. The van der Waals surface area contributed by atoms with Crippen molar-refractivity contribution in [3.63, 3.8) is 0 Å². The molecule has 0 unspecified atom stereocenters. The maximum Gasteiger partial charge on any atom is 0.226 e. The predicted molar refractivity (Wildman–Crippen MR) is 78.9 cm³/mol. The van der Waals surface area contributed by atoms with Crippen LogP contribution in [0, 0.1) is 19.8 Å². The van der Waals surface area contributed by atoms with E-state index in [1.54, 1.807) is 18.4 Å². The molecule has 0 spiro atoms. The summed E-state index contributed by atoms with van der Waals surface area (Å²) in [5.41, 5.74) is 3.59. The molecule has 0 atom stereocenters. The van der Waals surface area contributed by atoms with Gasteiger partial charge in [-0.15, -0.1) is 0 Å². The summed E-state index contributed by atoms with van der Waals surface area (Å²) in [5.74, 6) is 0.240. The fraction of sp³-hybridized carbons (Fsp3) is 0.429. The quantitative estimate of drug-likeness (QED) is 0.913. The number of carbonyl (C=O) groups excluding carboxylic acids is 1. The van der Waals surface area contributed by atoms with Crippen LogP contribution in [0.3, 0.4) is 0 Å². The smallest absolute Gasteiger partial charge is 0.226 e. The third kappa shape index (κ3) is 1.98. The van der Waals surface area contributed by atoms with Crippen LogP contribution in [0.15, 0.2) is 12.1 Å². The molecular weight excluding hydrogens is 258 g/mol. The van der Waals surface area contributed by atoms with Crippen molar-refractivity contribution in [2.45, 2.75) is 13.8 Å². The largest absolute Gasteiger partial charge is 0.359 e. The van der Waals surface area contributed by atoms with E-state index in [0.29, 0.717) is 0 Å². The van der Waals surface area contributed by atoms with Gasteiger partial charge in [-0.05, 0) is 25.0 Å². The average Bonchev–Trinajstić information content (AvgIpc) is 2.78. The molecule has 0 bridgehead atoms. The second-order valence-corrected chi connectivity index (χ2v) is 6.07. The summed E-state index contributed by atoms with van der Waals surface area (Å²) in [4.78, 5) is 18.4. The van der Waals surface area contributed by atoms with Crippen LogP contribution in [0.1, 0.15) is 11.1 Å². The first-order chi connectivity index (χ1) is 9.10. The van der Waals surface area contributed by atoms with Crippen LogP contribution in [-0.4, -0.2) is 31.0 Å². The summed E-state index contributed by atoms with van der Waals surface area (Å²) in [6, 6.07) is 4.26. The molecule has 1 N–H and O–H groups in total. The highest BCUT2D eigenvalue weighted by atomic mass is 32.1. The van der Waals surface area contributed by atoms with Crippen molar-refractivity contribution in [2.24, 2.45) is 5.92 Å². The lowest BCUT2D eigenvalue weighted by molar-refractivity contribution is -0.125. The van der Waals surface area contributed by atoms with Gasteiger partial charge in [-0.1, -0.05) is 23.5 Å². The fourth-order valence-corrected chi connectivity index (χ4v) is 3.52. The van der Waals surface area contributed by atoms with Gasteiger partial charge >= 0.3 is 0 Å². The second kappa shape index (κ2) is 4.49. The average molecular weight is 275 g/mol. The maximum atomic E-state index is 11.5. The number of rotatable bonds is 2. The number of thiazole rings is 1. The zero-order valence-corrected chi connectivity index (χ0v) is 12.2. The van der Waals surface area contributed by atoms with E-state index in [2.05, 4.69) is 36.2 Å². The van der Waals surface area contributed by atoms with Crippen LogP contribution in [0.4, 0.5) is 5.13 Å². The van der Waals surface area contributed by atoms with E-state index < -0.39 is 0 Å². The number of hydrogen-bond acceptors (Lipinski definition) is 4. The van der Waals surface area contributed by atoms with E-state index in [1.165, 1.54) is 15.8 Å². The molecule has 1 fully saturated rings. The highest BCUT2D eigenvalue weighted by molar-refractivity contribution is 7.22. The third-order valence-electron chi connectivity index (χ3n) is 3.70. The number of nitrogens with one attached hydrogen (secondary N) is 1. The van der Waals surface area contributed by atoms with Crippen LogP contribution in [-0.2, 0) is 4.79 Å². The van der Waals surface area contributed by atoms with Gasteiger partial charge in [0.05, 0.1) is 16.1 Å². The highest BCUT2D eigenvalue weighted by Crippen LogP contribution is 2.35. The number of hydrogen-bond donors (Lipinski definition) is 1. The SMILES string of the molecule is CNC(=O)C1CN(c2nc3c(C)ccc(C)c3s2)C1. The van der Waals surface area contributed by atoms with Crippen molar-refractivity contribution in [3.8, 4) is 0 Å². The molecule has 2 aromatic rings. The van der Waals surface area contributed by atoms with Gasteiger partial charge in [0.2, 0.25) is 5.91 Å². The summed E-state index contributed by atoms with van der Waals surface area (Å²) >= 11 is 1.73. The fourth-order valence-electron chi connectivity index (χ4n) is 2.39. The van der Waals surface area contributed by atoms with Gasteiger partial charge in [-0.2, -0.15) is 0 Å². The summed E-state index contributed by atoms with van der Waals surface area (Å²) < 4.78 is 1.26. The van der Waals surface area contributed by atoms with Gasteiger partial charge < -0.3 is 10.2 Å². The number of carbonyl (C=O) groups is 1. The van der Waals surface area contributed by atoms with Gasteiger partial charge in [0.15, 0.2) is 5.13 Å². The van der Waals surface area contributed by atoms with E-state index in [-0.39, 0.29) is 11.8 Å². The predicted octanol–water partition coefficient (Wildman–Crippen LogP) is 2.10. The molecule has 100 valence electrons. The lowest BCUT2D eigenvalue weighted by atomic mass is 10.0. The molecule has 1 aliphatic heterocycles. The van der Waals surface area contributed by atoms with Crippen molar-refractivity contribution in [2.75, 3.05) is 25.0 Å². The number of benzene rings is 1. The monoisotopic (exact) mass is 275 g/mol. The molecule has 4 nitrogen and oxygen atoms in total. The molecule has 1 aliphatic rings. The lowest BCUT2D eigenvalue weighted by Gasteiger charge is -2.37. The molecular formula is C14H17N3OS. The van der Waals surface area contributed by atoms with Crippen molar-refractivity contribution in [1.82, 2.24) is 10.3 Å². The third-order valence-corrected chi connectivity index (χ3v) is 4.95. The zero-order valence-electron chi connectivity index (χ0n) is 11.4. The Morgan fingerprint density at radius 1 is 1.37 bits per heavy atom. The van der Waals surface area contributed by atoms with Crippen molar-refractivity contribution >= 4 is 32.6 Å². The Labute approximate surface area is 116 Å². The lowest BCUT2D eigenvalue weighted by Crippen LogP contribution is -2.53. The van der Waals surface area contributed by atoms with Gasteiger partial charge in [0.1, 0.15) is 0 Å². The minimum atomic E-state index is 0.110. The first kappa shape index (κ1) is 12.4. The topological polar surface area (TPSA) is 45.2 Å². The summed E-state index contributed by atoms with van der Waals surface area (Å²) in [7, 11) is 1.69. The molecule has 1 aromatic carbocycles. The van der Waals surface area contributed by atoms with Crippen molar-refractivity contribution < 1.29 is 4.79 Å². The molecule has 19 heavy (non-hydrogen) atoms. The van der Waals surface area contributed by atoms with E-state index in [9.17, 15) is 4.79 Å². The summed E-state index contributed by atoms with van der Waals surface area (Å²) in [5, 5.41) is 3.74. The Kier molecular flexibility index (Phi) is 2.93. The van der Waals surface area contributed by atoms with E-state index >= 15 is 0 Å². The van der Waals surface area contributed by atoms with E-state index in [1.807, 2.05) is 0 Å². The Morgan fingerprint density at radius 3 is 2.68 bits per heavy atom.